The predicted octanol–water partition coefficient (Wildman–Crippen LogP) is 4.39. The molecule has 5 nitrogen and oxygen atoms in total. The highest BCUT2D eigenvalue weighted by Crippen LogP contribution is 2.48. The van der Waals surface area contributed by atoms with E-state index in [1.165, 1.54) is 30.4 Å². The van der Waals surface area contributed by atoms with Crippen molar-refractivity contribution in [2.75, 3.05) is 26.4 Å². The van der Waals surface area contributed by atoms with Gasteiger partial charge in [0.2, 0.25) is 0 Å². The summed E-state index contributed by atoms with van der Waals surface area (Å²) in [5, 5.41) is 19.2. The van der Waals surface area contributed by atoms with Crippen LogP contribution in [0.5, 0.6) is 11.5 Å². The Hall–Kier alpha value is -2.08. The molecule has 30 heavy (non-hydrogen) atoms. The largest absolute Gasteiger partial charge is 0.508 e. The Labute approximate surface area is 178 Å². The molecular weight excluding hydrogens is 380 g/mol. The van der Waals surface area contributed by atoms with Crippen molar-refractivity contribution in [2.24, 2.45) is 5.92 Å². The lowest BCUT2D eigenvalue weighted by Gasteiger charge is -2.44. The fraction of sp³-hybridized carbons (Fsp3) is 0.520. The molecule has 3 atom stereocenters. The SMILES string of the molecule is C(OCC1CO1)C1CO1.CC1CCCCC1(c1ccc(O)cc1)c1ccc(O)cc1. The van der Waals surface area contributed by atoms with Crippen LogP contribution in [0.15, 0.2) is 48.5 Å². The number of aromatic hydroxyl groups is 2. The topological polar surface area (TPSA) is 74.8 Å². The van der Waals surface area contributed by atoms with Crippen LogP contribution in [0.25, 0.3) is 0 Å². The van der Waals surface area contributed by atoms with Crippen molar-refractivity contribution >= 4 is 0 Å². The predicted molar refractivity (Wildman–Crippen MR) is 115 cm³/mol. The Morgan fingerprint density at radius 2 is 1.30 bits per heavy atom. The van der Waals surface area contributed by atoms with E-state index >= 15 is 0 Å². The van der Waals surface area contributed by atoms with E-state index in [0.29, 0.717) is 29.6 Å². The summed E-state index contributed by atoms with van der Waals surface area (Å²) in [6.07, 6.45) is 5.60. The molecule has 3 aliphatic rings. The Kier molecular flexibility index (Phi) is 6.61. The molecule has 3 fully saturated rings. The maximum absolute atomic E-state index is 9.58. The lowest BCUT2D eigenvalue weighted by atomic mass is 9.60. The highest BCUT2D eigenvalue weighted by Gasteiger charge is 2.41. The molecule has 3 unspecified atom stereocenters. The maximum Gasteiger partial charge on any atom is 0.115 e. The zero-order valence-corrected chi connectivity index (χ0v) is 17.6. The summed E-state index contributed by atoms with van der Waals surface area (Å²) in [6, 6.07) is 15.3. The first-order valence-electron chi connectivity index (χ1n) is 11.0. The highest BCUT2D eigenvalue weighted by molar-refractivity contribution is 5.44. The second-order valence-corrected chi connectivity index (χ2v) is 8.66. The van der Waals surface area contributed by atoms with E-state index in [0.717, 1.165) is 32.8 Å². The Morgan fingerprint density at radius 1 is 0.833 bits per heavy atom. The second-order valence-electron chi connectivity index (χ2n) is 8.66. The first kappa shape index (κ1) is 21.2. The van der Waals surface area contributed by atoms with Crippen LogP contribution in [0.4, 0.5) is 0 Å². The summed E-state index contributed by atoms with van der Waals surface area (Å²) in [5.74, 6) is 1.16. The van der Waals surface area contributed by atoms with E-state index in [1.807, 2.05) is 24.3 Å². The minimum Gasteiger partial charge on any atom is -0.508 e. The normalized spacial score (nSPS) is 26.4. The van der Waals surface area contributed by atoms with Crippen molar-refractivity contribution < 1.29 is 24.4 Å². The molecule has 2 aromatic carbocycles. The number of hydrogen-bond donors (Lipinski definition) is 2. The van der Waals surface area contributed by atoms with Crippen molar-refractivity contribution in [3.8, 4) is 11.5 Å². The molecule has 0 bridgehead atoms. The van der Waals surface area contributed by atoms with Gasteiger partial charge < -0.3 is 24.4 Å². The first-order valence-corrected chi connectivity index (χ1v) is 11.0. The number of phenols is 2. The van der Waals surface area contributed by atoms with E-state index in [-0.39, 0.29) is 5.41 Å². The van der Waals surface area contributed by atoms with Crippen molar-refractivity contribution in [1.29, 1.82) is 0 Å². The van der Waals surface area contributed by atoms with E-state index in [2.05, 4.69) is 6.92 Å². The second kappa shape index (κ2) is 9.38. The first-order chi connectivity index (χ1) is 14.6. The van der Waals surface area contributed by atoms with Gasteiger partial charge in [-0.2, -0.15) is 0 Å². The number of rotatable bonds is 6. The lowest BCUT2D eigenvalue weighted by Crippen LogP contribution is -2.37. The van der Waals surface area contributed by atoms with E-state index in [1.54, 1.807) is 24.3 Å². The smallest absolute Gasteiger partial charge is 0.115 e. The molecule has 5 rings (SSSR count). The van der Waals surface area contributed by atoms with Crippen molar-refractivity contribution in [3.63, 3.8) is 0 Å². The number of hydrogen-bond acceptors (Lipinski definition) is 5. The third-order valence-electron chi connectivity index (χ3n) is 6.48. The Morgan fingerprint density at radius 3 is 1.70 bits per heavy atom. The van der Waals surface area contributed by atoms with Gasteiger partial charge in [0.25, 0.3) is 0 Å². The molecule has 5 heteroatoms. The fourth-order valence-corrected chi connectivity index (χ4v) is 4.55. The minimum atomic E-state index is -0.0142. The average Bonchev–Trinajstić information content (AvgIpc) is 3.67. The molecule has 0 radical (unpaired) electrons. The molecule has 162 valence electrons. The van der Waals surface area contributed by atoms with Crippen LogP contribution >= 0.6 is 0 Å². The molecule has 1 saturated carbocycles. The Bertz CT molecular complexity index is 736. The van der Waals surface area contributed by atoms with Gasteiger partial charge in [0.1, 0.15) is 23.7 Å². The molecule has 2 aromatic rings. The number of benzene rings is 2. The molecule has 0 aromatic heterocycles. The highest BCUT2D eigenvalue weighted by atomic mass is 16.6. The van der Waals surface area contributed by atoms with Gasteiger partial charge in [0.05, 0.1) is 26.4 Å². The molecular formula is C25H32O5. The summed E-state index contributed by atoms with van der Waals surface area (Å²) in [4.78, 5) is 0. The van der Waals surface area contributed by atoms with Gasteiger partial charge in [0, 0.05) is 5.41 Å². The van der Waals surface area contributed by atoms with Gasteiger partial charge >= 0.3 is 0 Å². The fourth-order valence-electron chi connectivity index (χ4n) is 4.55. The van der Waals surface area contributed by atoms with Gasteiger partial charge in [-0.1, -0.05) is 44.0 Å². The maximum atomic E-state index is 9.58. The quantitative estimate of drug-likeness (QED) is 0.688. The number of ether oxygens (including phenoxy) is 3. The molecule has 2 N–H and O–H groups in total. The molecule has 0 amide bonds. The Balaban J connectivity index is 0.000000200. The van der Waals surface area contributed by atoms with Crippen LogP contribution in [0.1, 0.15) is 43.7 Å². The third-order valence-corrected chi connectivity index (χ3v) is 6.48. The number of phenolic OH excluding ortho intramolecular Hbond substituents is 2. The van der Waals surface area contributed by atoms with E-state index in [9.17, 15) is 10.2 Å². The zero-order chi connectivity index (χ0) is 21.0. The molecule has 2 saturated heterocycles. The third kappa shape index (κ3) is 5.15. The molecule has 2 aliphatic heterocycles. The summed E-state index contributed by atoms with van der Waals surface area (Å²) >= 11 is 0. The number of epoxide rings is 2. The average molecular weight is 413 g/mol. The van der Waals surface area contributed by atoms with Gasteiger partial charge in [-0.25, -0.2) is 0 Å². The molecule has 1 aliphatic carbocycles. The van der Waals surface area contributed by atoms with Gasteiger partial charge in [-0.05, 0) is 54.2 Å². The van der Waals surface area contributed by atoms with Crippen molar-refractivity contribution in [2.45, 2.75) is 50.2 Å². The monoisotopic (exact) mass is 412 g/mol. The van der Waals surface area contributed by atoms with E-state index in [4.69, 9.17) is 14.2 Å². The van der Waals surface area contributed by atoms with E-state index < -0.39 is 0 Å². The molecule has 0 spiro atoms. The lowest BCUT2D eigenvalue weighted by molar-refractivity contribution is 0.102. The zero-order valence-electron chi connectivity index (χ0n) is 17.6. The van der Waals surface area contributed by atoms with Gasteiger partial charge in [-0.15, -0.1) is 0 Å². The van der Waals surface area contributed by atoms with Crippen molar-refractivity contribution in [3.05, 3.63) is 59.7 Å². The summed E-state index contributed by atoms with van der Waals surface area (Å²) in [7, 11) is 0. The summed E-state index contributed by atoms with van der Waals surface area (Å²) < 4.78 is 15.1. The summed E-state index contributed by atoms with van der Waals surface area (Å²) in [5.41, 5.74) is 2.51. The van der Waals surface area contributed by atoms with Crippen LogP contribution in [-0.4, -0.2) is 48.8 Å². The minimum absolute atomic E-state index is 0.0142. The molecule has 2 heterocycles. The van der Waals surface area contributed by atoms with Crippen LogP contribution in [-0.2, 0) is 19.6 Å². The van der Waals surface area contributed by atoms with Gasteiger partial charge in [0.15, 0.2) is 0 Å². The summed E-state index contributed by atoms with van der Waals surface area (Å²) in [6.45, 7) is 5.58. The van der Waals surface area contributed by atoms with Crippen LogP contribution in [0, 0.1) is 5.92 Å². The standard InChI is InChI=1S/C19H22O2.C6H10O3/c1-14-4-2-3-13-19(14,15-5-9-17(20)10-6-15)16-7-11-18(21)12-8-16;1(5-3-8-5)7-2-6-4-9-6/h5-12,14,20-21H,2-4,13H2,1H3;5-6H,1-4H2. The van der Waals surface area contributed by atoms with Crippen molar-refractivity contribution in [1.82, 2.24) is 0 Å². The van der Waals surface area contributed by atoms with Crippen LogP contribution in [0.3, 0.4) is 0 Å². The van der Waals surface area contributed by atoms with Gasteiger partial charge in [-0.3, -0.25) is 0 Å². The van der Waals surface area contributed by atoms with Crippen LogP contribution in [0.2, 0.25) is 0 Å². The van der Waals surface area contributed by atoms with Crippen LogP contribution < -0.4 is 0 Å².